The Morgan fingerprint density at radius 1 is 1.48 bits per heavy atom. The Hall–Kier alpha value is -2.04. The van der Waals surface area contributed by atoms with Gasteiger partial charge in [0.25, 0.3) is 0 Å². The van der Waals surface area contributed by atoms with Crippen LogP contribution in [0.15, 0.2) is 23.4 Å². The molecule has 0 atom stereocenters. The number of carbonyl (C=O) groups excluding carboxylic acids is 1. The molecule has 0 unspecified atom stereocenters. The maximum absolute atomic E-state index is 12.1. The van der Waals surface area contributed by atoms with Crippen molar-refractivity contribution in [3.8, 4) is 6.07 Å². The van der Waals surface area contributed by atoms with Crippen molar-refractivity contribution in [2.75, 3.05) is 11.1 Å². The zero-order valence-electron chi connectivity index (χ0n) is 13.8. The molecule has 1 heterocycles. The molecule has 1 amide bonds. The summed E-state index contributed by atoms with van der Waals surface area (Å²) >= 11 is 7.51. The molecule has 0 aliphatic heterocycles. The van der Waals surface area contributed by atoms with E-state index in [1.807, 2.05) is 6.07 Å². The van der Waals surface area contributed by atoms with Crippen molar-refractivity contribution in [3.05, 3.63) is 34.6 Å². The Balaban J connectivity index is 1.51. The van der Waals surface area contributed by atoms with E-state index < -0.39 is 0 Å². The first-order valence-corrected chi connectivity index (χ1v) is 9.54. The summed E-state index contributed by atoms with van der Waals surface area (Å²) in [4.78, 5) is 12.1. The highest BCUT2D eigenvalue weighted by atomic mass is 35.5. The van der Waals surface area contributed by atoms with Crippen LogP contribution in [-0.4, -0.2) is 26.4 Å². The number of aromatic nitrogens is 3. The van der Waals surface area contributed by atoms with Gasteiger partial charge < -0.3 is 9.88 Å². The molecule has 0 bridgehead atoms. The first kappa shape index (κ1) is 17.8. The summed E-state index contributed by atoms with van der Waals surface area (Å²) in [6.45, 7) is 2.93. The maximum Gasteiger partial charge on any atom is 0.225 e. The molecule has 0 radical (unpaired) electrons. The fourth-order valence-electron chi connectivity index (χ4n) is 2.49. The third-order valence-electron chi connectivity index (χ3n) is 3.94. The summed E-state index contributed by atoms with van der Waals surface area (Å²) < 4.78 is 2.14. The maximum atomic E-state index is 12.1. The molecule has 1 saturated carbocycles. The van der Waals surface area contributed by atoms with Gasteiger partial charge in [0.2, 0.25) is 5.91 Å². The minimum atomic E-state index is -0.0988. The molecule has 8 heteroatoms. The number of nitrogens with zero attached hydrogens (tertiary/aromatic N) is 4. The minimum Gasteiger partial charge on any atom is -0.326 e. The van der Waals surface area contributed by atoms with Gasteiger partial charge in [-0.2, -0.15) is 5.26 Å². The highest BCUT2D eigenvalue weighted by molar-refractivity contribution is 7.99. The van der Waals surface area contributed by atoms with Crippen molar-refractivity contribution >= 4 is 35.0 Å². The van der Waals surface area contributed by atoms with Gasteiger partial charge in [0.15, 0.2) is 5.16 Å². The number of amides is 1. The van der Waals surface area contributed by atoms with E-state index in [0.717, 1.165) is 17.5 Å². The third-order valence-corrected chi connectivity index (χ3v) is 5.22. The number of anilines is 1. The van der Waals surface area contributed by atoms with Gasteiger partial charge in [-0.1, -0.05) is 23.4 Å². The van der Waals surface area contributed by atoms with Crippen LogP contribution in [0.4, 0.5) is 5.69 Å². The van der Waals surface area contributed by atoms with Crippen LogP contribution in [0, 0.1) is 11.3 Å². The molecule has 0 spiro atoms. The molecule has 1 fully saturated rings. The first-order chi connectivity index (χ1) is 12.1. The van der Waals surface area contributed by atoms with Crippen LogP contribution in [0.25, 0.3) is 0 Å². The Labute approximate surface area is 155 Å². The van der Waals surface area contributed by atoms with Gasteiger partial charge in [0.05, 0.1) is 10.6 Å². The van der Waals surface area contributed by atoms with E-state index in [1.54, 1.807) is 30.0 Å². The monoisotopic (exact) mass is 375 g/mol. The lowest BCUT2D eigenvalue weighted by atomic mass is 10.2. The summed E-state index contributed by atoms with van der Waals surface area (Å²) in [6.07, 6.45) is 2.74. The van der Waals surface area contributed by atoms with Crippen molar-refractivity contribution < 1.29 is 4.79 Å². The number of carbonyl (C=O) groups is 1. The average molecular weight is 376 g/mol. The summed E-state index contributed by atoms with van der Waals surface area (Å²) in [5, 5.41) is 21.4. The summed E-state index contributed by atoms with van der Waals surface area (Å²) in [5.41, 5.74) is 0.979. The quantitative estimate of drug-likeness (QED) is 0.743. The molecule has 0 saturated heterocycles. The van der Waals surface area contributed by atoms with Gasteiger partial charge in [-0.15, -0.1) is 10.2 Å². The number of hydrogen-bond acceptors (Lipinski definition) is 5. The lowest BCUT2D eigenvalue weighted by Gasteiger charge is -2.07. The molecule has 25 heavy (non-hydrogen) atoms. The van der Waals surface area contributed by atoms with Gasteiger partial charge in [0, 0.05) is 30.3 Å². The largest absolute Gasteiger partial charge is 0.326 e. The van der Waals surface area contributed by atoms with Crippen molar-refractivity contribution in [1.29, 1.82) is 5.26 Å². The van der Waals surface area contributed by atoms with Crippen molar-refractivity contribution in [2.45, 2.75) is 43.8 Å². The Bertz CT molecular complexity index is 825. The number of benzene rings is 1. The van der Waals surface area contributed by atoms with Gasteiger partial charge >= 0.3 is 0 Å². The topological polar surface area (TPSA) is 83.6 Å². The SMILES string of the molecule is CCn1c(SCCC(=O)Nc2ccc(C#N)c(Cl)c2)nnc1C1CC1. The van der Waals surface area contributed by atoms with Crippen LogP contribution in [0.3, 0.4) is 0 Å². The Kier molecular flexibility index (Phi) is 5.61. The van der Waals surface area contributed by atoms with Crippen molar-refractivity contribution in [3.63, 3.8) is 0 Å². The third kappa shape index (κ3) is 4.33. The summed E-state index contributed by atoms with van der Waals surface area (Å²) in [7, 11) is 0. The number of halogens is 1. The number of thioether (sulfide) groups is 1. The van der Waals surface area contributed by atoms with Crippen LogP contribution < -0.4 is 5.32 Å². The molecule has 1 aliphatic rings. The lowest BCUT2D eigenvalue weighted by Crippen LogP contribution is -2.12. The number of rotatable bonds is 7. The van der Waals surface area contributed by atoms with E-state index >= 15 is 0 Å². The number of nitrogens with one attached hydrogen (secondary N) is 1. The van der Waals surface area contributed by atoms with E-state index in [2.05, 4.69) is 27.0 Å². The Morgan fingerprint density at radius 2 is 2.28 bits per heavy atom. The molecule has 1 aromatic heterocycles. The van der Waals surface area contributed by atoms with E-state index in [-0.39, 0.29) is 5.91 Å². The summed E-state index contributed by atoms with van der Waals surface area (Å²) in [6, 6.07) is 6.84. The molecule has 6 nitrogen and oxygen atoms in total. The first-order valence-electron chi connectivity index (χ1n) is 8.17. The van der Waals surface area contributed by atoms with Gasteiger partial charge in [-0.05, 0) is 38.0 Å². The van der Waals surface area contributed by atoms with E-state index in [4.69, 9.17) is 16.9 Å². The smallest absolute Gasteiger partial charge is 0.225 e. The lowest BCUT2D eigenvalue weighted by molar-refractivity contribution is -0.115. The number of nitriles is 1. The standard InChI is InChI=1S/C17H18ClN5OS/c1-2-23-16(11-3-4-11)21-22-17(23)25-8-7-15(24)20-13-6-5-12(10-19)14(18)9-13/h5-6,9,11H,2-4,7-8H2,1H3,(H,20,24). The predicted octanol–water partition coefficient (Wildman–Crippen LogP) is 3.82. The molecule has 130 valence electrons. The van der Waals surface area contributed by atoms with E-state index in [9.17, 15) is 4.79 Å². The van der Waals surface area contributed by atoms with E-state index in [0.29, 0.717) is 34.4 Å². The minimum absolute atomic E-state index is 0.0988. The normalized spacial score (nSPS) is 13.5. The molecule has 3 rings (SSSR count). The molecule has 1 aromatic carbocycles. The van der Waals surface area contributed by atoms with Crippen molar-refractivity contribution in [1.82, 2.24) is 14.8 Å². The highest BCUT2D eigenvalue weighted by Crippen LogP contribution is 2.40. The molecular formula is C17H18ClN5OS. The second-order valence-corrected chi connectivity index (χ2v) is 7.28. The van der Waals surface area contributed by atoms with Crippen LogP contribution in [-0.2, 0) is 11.3 Å². The van der Waals surface area contributed by atoms with Gasteiger partial charge in [-0.25, -0.2) is 0 Å². The van der Waals surface area contributed by atoms with Crippen LogP contribution in [0.2, 0.25) is 5.02 Å². The number of hydrogen-bond donors (Lipinski definition) is 1. The zero-order chi connectivity index (χ0) is 17.8. The molecular weight excluding hydrogens is 358 g/mol. The predicted molar refractivity (Wildman–Crippen MR) is 97.8 cm³/mol. The fourth-order valence-corrected chi connectivity index (χ4v) is 3.66. The highest BCUT2D eigenvalue weighted by Gasteiger charge is 2.29. The molecule has 1 N–H and O–H groups in total. The van der Waals surface area contributed by atoms with Gasteiger partial charge in [-0.3, -0.25) is 4.79 Å². The zero-order valence-corrected chi connectivity index (χ0v) is 15.4. The average Bonchev–Trinajstić information content (AvgIpc) is 3.36. The Morgan fingerprint density at radius 3 is 2.92 bits per heavy atom. The molecule has 1 aliphatic carbocycles. The van der Waals surface area contributed by atoms with Crippen molar-refractivity contribution in [2.24, 2.45) is 0 Å². The van der Waals surface area contributed by atoms with Gasteiger partial charge in [0.1, 0.15) is 11.9 Å². The van der Waals surface area contributed by atoms with E-state index in [1.165, 1.54) is 12.8 Å². The fraction of sp³-hybridized carbons (Fsp3) is 0.412. The van der Waals surface area contributed by atoms with Crippen LogP contribution in [0.5, 0.6) is 0 Å². The molecule has 2 aromatic rings. The van der Waals surface area contributed by atoms with Crippen LogP contribution in [0.1, 0.15) is 43.5 Å². The van der Waals surface area contributed by atoms with Crippen LogP contribution >= 0.6 is 23.4 Å². The second-order valence-electron chi connectivity index (χ2n) is 5.81. The second kappa shape index (κ2) is 7.89. The summed E-state index contributed by atoms with van der Waals surface area (Å²) in [5.74, 6) is 2.16.